The summed E-state index contributed by atoms with van der Waals surface area (Å²) in [4.78, 5) is 36.7. The van der Waals surface area contributed by atoms with Gasteiger partial charge in [-0.2, -0.15) is 0 Å². The number of hydrogen-bond donors (Lipinski definition) is 1. The first-order valence-corrected chi connectivity index (χ1v) is 3.39. The second kappa shape index (κ2) is 4.78. The molecule has 0 aliphatic rings. The second-order valence-electron chi connectivity index (χ2n) is 2.44. The van der Waals surface area contributed by atoms with Crippen LogP contribution in [0.5, 0.6) is 0 Å². The quantitative estimate of drug-likeness (QED) is 0.425. The molecule has 0 fully saturated rings. The maximum absolute atomic E-state index is 10.3. The highest BCUT2D eigenvalue weighted by Gasteiger charge is 2.50. The monoisotopic (exact) mass is 223 g/mol. The molecule has 0 aliphatic heterocycles. The molecule has 0 rings (SSSR count). The van der Waals surface area contributed by atoms with Crippen LogP contribution in [0.2, 0.25) is 0 Å². The van der Waals surface area contributed by atoms with E-state index in [1.165, 1.54) is 0 Å². The van der Waals surface area contributed by atoms with Gasteiger partial charge < -0.3 is 5.11 Å². The number of carbonyl (C=O) groups is 1. The molecule has 2 unspecified atom stereocenters. The minimum atomic E-state index is -2.62. The summed E-state index contributed by atoms with van der Waals surface area (Å²) in [6.07, 6.45) is 0. The van der Waals surface area contributed by atoms with E-state index in [0.717, 1.165) is 0 Å². The van der Waals surface area contributed by atoms with Crippen LogP contribution in [-0.4, -0.2) is 44.5 Å². The van der Waals surface area contributed by atoms with Crippen LogP contribution in [0.3, 0.4) is 0 Å². The number of nitrogens with zero attached hydrogens (tertiary/aromatic N) is 3. The Morgan fingerprint density at radius 2 is 1.60 bits per heavy atom. The van der Waals surface area contributed by atoms with Gasteiger partial charge in [0.2, 0.25) is 0 Å². The van der Waals surface area contributed by atoms with E-state index in [9.17, 15) is 35.1 Å². The molecule has 0 aromatic heterocycles. The van der Waals surface area contributed by atoms with Crippen LogP contribution < -0.4 is 0 Å². The van der Waals surface area contributed by atoms with Crippen molar-refractivity contribution in [3.63, 3.8) is 0 Å². The molecule has 0 amide bonds. The smallest absolute Gasteiger partial charge is 0.387 e. The third-order valence-electron chi connectivity index (χ3n) is 1.45. The van der Waals surface area contributed by atoms with Crippen molar-refractivity contribution < 1.29 is 24.7 Å². The second-order valence-corrected chi connectivity index (χ2v) is 2.44. The zero-order valence-electron chi connectivity index (χ0n) is 7.01. The molecule has 1 N–H and O–H groups in total. The lowest BCUT2D eigenvalue weighted by Gasteiger charge is -2.06. The summed E-state index contributed by atoms with van der Waals surface area (Å²) >= 11 is 0. The summed E-state index contributed by atoms with van der Waals surface area (Å²) < 4.78 is 0. The maximum Gasteiger partial charge on any atom is 0.387 e. The standard InChI is InChI=1S/C4H5N3O8/c8-4(9)3(7(14)15)2(6(12)13)1-5(10)11/h2-3H,1H2,(H,8,9). The van der Waals surface area contributed by atoms with Crippen molar-refractivity contribution in [2.24, 2.45) is 0 Å². The van der Waals surface area contributed by atoms with Crippen molar-refractivity contribution in [1.29, 1.82) is 0 Å². The van der Waals surface area contributed by atoms with Crippen LogP contribution in [0.15, 0.2) is 0 Å². The van der Waals surface area contributed by atoms with Crippen molar-refractivity contribution >= 4 is 5.97 Å². The third-order valence-corrected chi connectivity index (χ3v) is 1.45. The molecule has 0 spiro atoms. The van der Waals surface area contributed by atoms with E-state index in [4.69, 9.17) is 5.11 Å². The minimum absolute atomic E-state index is 1.17. The lowest BCUT2D eigenvalue weighted by atomic mass is 10.1. The summed E-state index contributed by atoms with van der Waals surface area (Å²) in [5, 5.41) is 38.6. The predicted molar refractivity (Wildman–Crippen MR) is 41.1 cm³/mol. The van der Waals surface area contributed by atoms with Gasteiger partial charge in [-0.25, -0.2) is 4.79 Å². The SMILES string of the molecule is O=C(O)C(C(C[N+](=O)[O-])[N+](=O)[O-])[N+](=O)[O-]. The Labute approximate surface area is 80.7 Å². The van der Waals surface area contributed by atoms with Crippen LogP contribution in [0.4, 0.5) is 0 Å². The summed E-state index contributed by atoms with van der Waals surface area (Å²) in [6, 6.07) is -5.00. The topological polar surface area (TPSA) is 167 Å². The number of carboxylic acid groups (broad SMARTS) is 1. The lowest BCUT2D eigenvalue weighted by molar-refractivity contribution is -0.640. The molecule has 0 heterocycles. The maximum atomic E-state index is 10.3. The average Bonchev–Trinajstić information content (AvgIpc) is 2.00. The Morgan fingerprint density at radius 1 is 1.13 bits per heavy atom. The predicted octanol–water partition coefficient (Wildman–Crippen LogP) is -1.36. The summed E-state index contributed by atoms with van der Waals surface area (Å²) in [6.45, 7) is -1.41. The van der Waals surface area contributed by atoms with E-state index < -0.39 is 39.4 Å². The van der Waals surface area contributed by atoms with Gasteiger partial charge in [0.1, 0.15) is 0 Å². The van der Waals surface area contributed by atoms with Crippen molar-refractivity contribution in [2.45, 2.75) is 12.1 Å². The fourth-order valence-corrected chi connectivity index (χ4v) is 0.830. The molecule has 11 nitrogen and oxygen atoms in total. The first-order valence-electron chi connectivity index (χ1n) is 3.39. The molecule has 84 valence electrons. The van der Waals surface area contributed by atoms with Crippen LogP contribution >= 0.6 is 0 Å². The molecule has 0 saturated heterocycles. The van der Waals surface area contributed by atoms with Crippen LogP contribution in [0, 0.1) is 30.3 Å². The number of hydrogen-bond acceptors (Lipinski definition) is 7. The zero-order valence-corrected chi connectivity index (χ0v) is 7.01. The van der Waals surface area contributed by atoms with E-state index in [1.807, 2.05) is 0 Å². The highest BCUT2D eigenvalue weighted by atomic mass is 16.7. The Morgan fingerprint density at radius 3 is 1.80 bits per heavy atom. The number of rotatable bonds is 6. The highest BCUT2D eigenvalue weighted by Crippen LogP contribution is 2.04. The summed E-state index contributed by atoms with van der Waals surface area (Å²) in [7, 11) is 0. The fourth-order valence-electron chi connectivity index (χ4n) is 0.830. The van der Waals surface area contributed by atoms with Gasteiger partial charge in [0, 0.05) is 14.8 Å². The number of carboxylic acids is 1. The van der Waals surface area contributed by atoms with Gasteiger partial charge in [-0.15, -0.1) is 0 Å². The van der Waals surface area contributed by atoms with E-state index in [0.29, 0.717) is 0 Å². The summed E-state index contributed by atoms with van der Waals surface area (Å²) in [5.74, 6) is -2.08. The number of nitro groups is 3. The van der Waals surface area contributed by atoms with Crippen LogP contribution in [0.1, 0.15) is 0 Å². The Balaban J connectivity index is 5.01. The zero-order chi connectivity index (χ0) is 12.2. The Bertz CT molecular complexity index is 299. The number of aliphatic carboxylic acids is 1. The van der Waals surface area contributed by atoms with Crippen molar-refractivity contribution in [1.82, 2.24) is 0 Å². The molecule has 0 bridgehead atoms. The van der Waals surface area contributed by atoms with Gasteiger partial charge in [0.25, 0.3) is 6.54 Å². The van der Waals surface area contributed by atoms with E-state index in [2.05, 4.69) is 0 Å². The molecular weight excluding hydrogens is 218 g/mol. The molecular formula is C4H5N3O8. The largest absolute Gasteiger partial charge is 0.476 e. The first kappa shape index (κ1) is 12.7. The normalized spacial score (nSPS) is 13.9. The van der Waals surface area contributed by atoms with Gasteiger partial charge >= 0.3 is 18.1 Å². The average molecular weight is 223 g/mol. The van der Waals surface area contributed by atoms with Crippen molar-refractivity contribution in [3.05, 3.63) is 30.3 Å². The van der Waals surface area contributed by atoms with E-state index >= 15 is 0 Å². The lowest BCUT2D eigenvalue weighted by Crippen LogP contribution is -2.48. The van der Waals surface area contributed by atoms with Gasteiger partial charge in [0.15, 0.2) is 0 Å². The molecule has 2 atom stereocenters. The van der Waals surface area contributed by atoms with Crippen molar-refractivity contribution in [2.75, 3.05) is 6.54 Å². The fraction of sp³-hybridized carbons (Fsp3) is 0.750. The van der Waals surface area contributed by atoms with Gasteiger partial charge in [0.05, 0.1) is 0 Å². The van der Waals surface area contributed by atoms with Crippen molar-refractivity contribution in [3.8, 4) is 0 Å². The Kier molecular flexibility index (Phi) is 4.04. The Hall–Kier alpha value is -2.33. The third kappa shape index (κ3) is 3.50. The molecule has 0 saturated carbocycles. The minimum Gasteiger partial charge on any atom is -0.476 e. The van der Waals surface area contributed by atoms with Crippen LogP contribution in [0.25, 0.3) is 0 Å². The molecule has 0 aromatic rings. The summed E-state index contributed by atoms with van der Waals surface area (Å²) in [5.41, 5.74) is 0. The highest BCUT2D eigenvalue weighted by molar-refractivity contribution is 5.72. The van der Waals surface area contributed by atoms with Crippen LogP contribution in [-0.2, 0) is 4.79 Å². The van der Waals surface area contributed by atoms with Gasteiger partial charge in [-0.3, -0.25) is 30.3 Å². The molecule has 0 radical (unpaired) electrons. The molecule has 15 heavy (non-hydrogen) atoms. The van der Waals surface area contributed by atoms with E-state index in [-0.39, 0.29) is 0 Å². The molecule has 0 aliphatic carbocycles. The molecule has 11 heteroatoms. The first-order chi connectivity index (χ1) is 6.77. The van der Waals surface area contributed by atoms with Gasteiger partial charge in [-0.1, -0.05) is 0 Å². The van der Waals surface area contributed by atoms with E-state index in [1.54, 1.807) is 0 Å². The van der Waals surface area contributed by atoms with Gasteiger partial charge in [-0.05, 0) is 0 Å². The molecule has 0 aromatic carbocycles.